The number of esters is 1. The molecule has 0 amide bonds. The molecule has 0 atom stereocenters. The summed E-state index contributed by atoms with van der Waals surface area (Å²) >= 11 is 5.87. The molecule has 4 nitrogen and oxygen atoms in total. The van der Waals surface area contributed by atoms with Gasteiger partial charge >= 0.3 is 5.97 Å². The van der Waals surface area contributed by atoms with E-state index >= 15 is 0 Å². The SMILES string of the molecule is COC(=O)C(=O)Cc1ccc(OC)c(Cl)c1. The zero-order valence-corrected chi connectivity index (χ0v) is 9.71. The van der Waals surface area contributed by atoms with E-state index in [4.69, 9.17) is 16.3 Å². The summed E-state index contributed by atoms with van der Waals surface area (Å²) in [6.07, 6.45) is -0.0314. The third-order valence-electron chi connectivity index (χ3n) is 1.99. The van der Waals surface area contributed by atoms with E-state index in [2.05, 4.69) is 4.74 Å². The highest BCUT2D eigenvalue weighted by atomic mass is 35.5. The number of ketones is 1. The van der Waals surface area contributed by atoms with E-state index in [0.717, 1.165) is 0 Å². The average molecular weight is 243 g/mol. The molecule has 5 heteroatoms. The Morgan fingerprint density at radius 1 is 1.31 bits per heavy atom. The molecule has 0 bridgehead atoms. The zero-order chi connectivity index (χ0) is 12.1. The summed E-state index contributed by atoms with van der Waals surface area (Å²) in [7, 11) is 2.67. The Labute approximate surface area is 98.1 Å². The second kappa shape index (κ2) is 5.51. The number of ether oxygens (including phenoxy) is 2. The molecular formula is C11H11ClO4. The molecule has 0 fully saturated rings. The van der Waals surface area contributed by atoms with Crippen LogP contribution in [0.1, 0.15) is 5.56 Å². The van der Waals surface area contributed by atoms with Gasteiger partial charge in [0, 0.05) is 6.42 Å². The molecule has 16 heavy (non-hydrogen) atoms. The number of hydrogen-bond acceptors (Lipinski definition) is 4. The Kier molecular flexibility index (Phi) is 4.31. The average Bonchev–Trinajstić information content (AvgIpc) is 2.28. The second-order valence-electron chi connectivity index (χ2n) is 3.06. The first-order valence-electron chi connectivity index (χ1n) is 4.52. The van der Waals surface area contributed by atoms with Crippen LogP contribution in [0.4, 0.5) is 0 Å². The third-order valence-corrected chi connectivity index (χ3v) is 2.29. The smallest absolute Gasteiger partial charge is 0.374 e. The molecule has 1 aromatic carbocycles. The predicted molar refractivity (Wildman–Crippen MR) is 58.7 cm³/mol. The molecule has 0 saturated carbocycles. The molecule has 0 heterocycles. The number of benzene rings is 1. The van der Waals surface area contributed by atoms with Gasteiger partial charge in [0.15, 0.2) is 0 Å². The first kappa shape index (κ1) is 12.5. The molecule has 0 aromatic heterocycles. The predicted octanol–water partition coefficient (Wildman–Crippen LogP) is 1.63. The van der Waals surface area contributed by atoms with Crippen molar-refractivity contribution < 1.29 is 19.1 Å². The highest BCUT2D eigenvalue weighted by Crippen LogP contribution is 2.25. The van der Waals surface area contributed by atoms with Gasteiger partial charge in [-0.3, -0.25) is 4.79 Å². The summed E-state index contributed by atoms with van der Waals surface area (Å²) in [6, 6.07) is 4.90. The Hall–Kier alpha value is -1.55. The molecule has 1 aromatic rings. The quantitative estimate of drug-likeness (QED) is 0.595. The van der Waals surface area contributed by atoms with E-state index in [9.17, 15) is 9.59 Å². The van der Waals surface area contributed by atoms with Crippen LogP contribution in [0.3, 0.4) is 0 Å². The van der Waals surface area contributed by atoms with Crippen LogP contribution in [-0.4, -0.2) is 26.0 Å². The monoisotopic (exact) mass is 242 g/mol. The van der Waals surface area contributed by atoms with Gasteiger partial charge in [-0.05, 0) is 17.7 Å². The van der Waals surface area contributed by atoms with Crippen LogP contribution < -0.4 is 4.74 Å². The largest absolute Gasteiger partial charge is 0.495 e. The van der Waals surface area contributed by atoms with Crippen molar-refractivity contribution in [2.45, 2.75) is 6.42 Å². The van der Waals surface area contributed by atoms with E-state index in [1.165, 1.54) is 14.2 Å². The van der Waals surface area contributed by atoms with Crippen LogP contribution in [-0.2, 0) is 20.7 Å². The maximum atomic E-state index is 11.3. The van der Waals surface area contributed by atoms with E-state index < -0.39 is 11.8 Å². The van der Waals surface area contributed by atoms with Crippen LogP contribution in [0.5, 0.6) is 5.75 Å². The number of hydrogen-bond donors (Lipinski definition) is 0. The lowest BCUT2D eigenvalue weighted by atomic mass is 10.1. The molecule has 0 spiro atoms. The Bertz CT molecular complexity index is 414. The van der Waals surface area contributed by atoms with Gasteiger partial charge in [0.2, 0.25) is 5.78 Å². The first-order valence-corrected chi connectivity index (χ1v) is 4.90. The molecule has 86 valence electrons. The lowest BCUT2D eigenvalue weighted by Crippen LogP contribution is -2.17. The summed E-state index contributed by atoms with van der Waals surface area (Å²) in [6.45, 7) is 0. The summed E-state index contributed by atoms with van der Waals surface area (Å²) < 4.78 is 9.28. The lowest BCUT2D eigenvalue weighted by Gasteiger charge is -2.05. The Morgan fingerprint density at radius 2 is 2.00 bits per heavy atom. The van der Waals surface area contributed by atoms with E-state index in [1.54, 1.807) is 18.2 Å². The number of carbonyl (C=O) groups excluding carboxylic acids is 2. The lowest BCUT2D eigenvalue weighted by molar-refractivity contribution is -0.151. The van der Waals surface area contributed by atoms with Crippen LogP contribution in [0.2, 0.25) is 5.02 Å². The minimum atomic E-state index is -0.855. The summed E-state index contributed by atoms with van der Waals surface area (Å²) in [5.41, 5.74) is 0.640. The van der Waals surface area contributed by atoms with Crippen LogP contribution in [0.15, 0.2) is 18.2 Å². The topological polar surface area (TPSA) is 52.6 Å². The minimum Gasteiger partial charge on any atom is -0.495 e. The standard InChI is InChI=1S/C11H11ClO4/c1-15-10-4-3-7(5-8(10)12)6-9(13)11(14)16-2/h3-5H,6H2,1-2H3. The summed E-state index contributed by atoms with van der Waals surface area (Å²) in [4.78, 5) is 22.2. The van der Waals surface area contributed by atoms with Gasteiger partial charge in [-0.25, -0.2) is 4.79 Å². The molecule has 1 rings (SSSR count). The number of rotatable bonds is 4. The molecule has 0 aliphatic heterocycles. The summed E-state index contributed by atoms with van der Waals surface area (Å²) in [5, 5.41) is 0.401. The first-order chi connectivity index (χ1) is 7.58. The van der Waals surface area contributed by atoms with Crippen LogP contribution in [0, 0.1) is 0 Å². The van der Waals surface area contributed by atoms with Gasteiger partial charge < -0.3 is 9.47 Å². The van der Waals surface area contributed by atoms with Crippen molar-refractivity contribution in [3.8, 4) is 5.75 Å². The Morgan fingerprint density at radius 3 is 2.50 bits per heavy atom. The summed E-state index contributed by atoms with van der Waals surface area (Å²) in [5.74, 6) is -0.938. The normalized spacial score (nSPS) is 9.69. The number of halogens is 1. The van der Waals surface area contributed by atoms with Crippen molar-refractivity contribution in [1.82, 2.24) is 0 Å². The number of methoxy groups -OCH3 is 2. The zero-order valence-electron chi connectivity index (χ0n) is 8.95. The van der Waals surface area contributed by atoms with Gasteiger partial charge in [-0.1, -0.05) is 17.7 Å². The number of Topliss-reactive ketones (excluding diaryl/α,β-unsaturated/α-hetero) is 1. The van der Waals surface area contributed by atoms with Crippen molar-refractivity contribution in [3.63, 3.8) is 0 Å². The van der Waals surface area contributed by atoms with Crippen molar-refractivity contribution in [2.75, 3.05) is 14.2 Å². The molecule has 0 saturated heterocycles. The van der Waals surface area contributed by atoms with Crippen molar-refractivity contribution in [2.24, 2.45) is 0 Å². The van der Waals surface area contributed by atoms with Gasteiger partial charge in [-0.2, -0.15) is 0 Å². The maximum Gasteiger partial charge on any atom is 0.374 e. The van der Waals surface area contributed by atoms with Gasteiger partial charge in [0.1, 0.15) is 5.75 Å². The third kappa shape index (κ3) is 2.97. The van der Waals surface area contributed by atoms with Crippen molar-refractivity contribution >= 4 is 23.4 Å². The van der Waals surface area contributed by atoms with E-state index in [-0.39, 0.29) is 6.42 Å². The van der Waals surface area contributed by atoms with Crippen molar-refractivity contribution in [3.05, 3.63) is 28.8 Å². The maximum absolute atomic E-state index is 11.3. The molecular weight excluding hydrogens is 232 g/mol. The second-order valence-corrected chi connectivity index (χ2v) is 3.47. The fraction of sp³-hybridized carbons (Fsp3) is 0.273. The van der Waals surface area contributed by atoms with Crippen LogP contribution in [0.25, 0.3) is 0 Å². The van der Waals surface area contributed by atoms with Gasteiger partial charge in [0.25, 0.3) is 0 Å². The van der Waals surface area contributed by atoms with Crippen LogP contribution >= 0.6 is 11.6 Å². The molecule has 0 N–H and O–H groups in total. The fourth-order valence-corrected chi connectivity index (χ4v) is 1.47. The fourth-order valence-electron chi connectivity index (χ4n) is 1.19. The van der Waals surface area contributed by atoms with Gasteiger partial charge in [0.05, 0.1) is 19.2 Å². The Balaban J connectivity index is 2.79. The van der Waals surface area contributed by atoms with Crippen molar-refractivity contribution in [1.29, 1.82) is 0 Å². The highest BCUT2D eigenvalue weighted by molar-refractivity contribution is 6.34. The van der Waals surface area contributed by atoms with E-state index in [1.807, 2.05) is 0 Å². The van der Waals surface area contributed by atoms with E-state index in [0.29, 0.717) is 16.3 Å². The van der Waals surface area contributed by atoms with Gasteiger partial charge in [-0.15, -0.1) is 0 Å². The molecule has 0 aliphatic carbocycles. The molecule has 0 radical (unpaired) electrons. The highest BCUT2D eigenvalue weighted by Gasteiger charge is 2.15. The molecule has 0 aliphatic rings. The molecule has 0 unspecified atom stereocenters. The number of carbonyl (C=O) groups is 2. The minimum absolute atomic E-state index is 0.0314.